The van der Waals surface area contributed by atoms with Crippen LogP contribution in [0, 0.1) is 0 Å². The summed E-state index contributed by atoms with van der Waals surface area (Å²) in [5.74, 6) is 0.0151. The zero-order valence-corrected chi connectivity index (χ0v) is 14.4. The Morgan fingerprint density at radius 1 is 0.800 bits per heavy atom. The molecule has 2 saturated heterocycles. The van der Waals surface area contributed by atoms with Crippen molar-refractivity contribution in [2.45, 2.75) is 19.3 Å². The fourth-order valence-electron chi connectivity index (χ4n) is 3.74. The van der Waals surface area contributed by atoms with E-state index in [0.717, 1.165) is 36.8 Å². The van der Waals surface area contributed by atoms with Gasteiger partial charge in [0.05, 0.1) is 0 Å². The number of hydrogen-bond donors (Lipinski definition) is 1. The van der Waals surface area contributed by atoms with Crippen LogP contribution in [0.2, 0.25) is 0 Å². The summed E-state index contributed by atoms with van der Waals surface area (Å²) >= 11 is 0. The van der Waals surface area contributed by atoms with Gasteiger partial charge in [0.15, 0.2) is 0 Å². The molecule has 132 valence electrons. The average Bonchev–Trinajstić information content (AvgIpc) is 3.12. The summed E-state index contributed by atoms with van der Waals surface area (Å²) in [6, 6.07) is 9.94. The lowest BCUT2D eigenvalue weighted by Gasteiger charge is -2.38. The number of nitrogens with one attached hydrogen (secondary N) is 1. The van der Waals surface area contributed by atoms with E-state index in [2.05, 4.69) is 4.98 Å². The Kier molecular flexibility index (Phi) is 4.34. The zero-order valence-electron chi connectivity index (χ0n) is 14.4. The summed E-state index contributed by atoms with van der Waals surface area (Å²) in [6.07, 6.45) is 3.42. The lowest BCUT2D eigenvalue weighted by Crippen LogP contribution is -2.54. The Hall–Kier alpha value is -2.50. The molecule has 25 heavy (non-hydrogen) atoms. The summed E-state index contributed by atoms with van der Waals surface area (Å²) in [5.41, 5.74) is 1.60. The van der Waals surface area contributed by atoms with E-state index in [0.29, 0.717) is 31.9 Å². The summed E-state index contributed by atoms with van der Waals surface area (Å²) in [7, 11) is 0. The van der Waals surface area contributed by atoms with E-state index in [-0.39, 0.29) is 11.9 Å². The van der Waals surface area contributed by atoms with Crippen molar-refractivity contribution in [1.82, 2.24) is 19.7 Å². The summed E-state index contributed by atoms with van der Waals surface area (Å²) in [4.78, 5) is 34.2. The molecule has 0 unspecified atom stereocenters. The van der Waals surface area contributed by atoms with Gasteiger partial charge in [0.25, 0.3) is 5.91 Å². The van der Waals surface area contributed by atoms with Gasteiger partial charge in [-0.05, 0) is 31.4 Å². The highest BCUT2D eigenvalue weighted by Crippen LogP contribution is 2.18. The minimum absolute atomic E-state index is 0.0151. The van der Waals surface area contributed by atoms with E-state index in [1.54, 1.807) is 0 Å². The van der Waals surface area contributed by atoms with Crippen LogP contribution >= 0.6 is 0 Å². The molecule has 2 aliphatic rings. The average molecular weight is 340 g/mol. The minimum atomic E-state index is 0.0151. The van der Waals surface area contributed by atoms with Gasteiger partial charge >= 0.3 is 6.03 Å². The van der Waals surface area contributed by atoms with Gasteiger partial charge in [0.1, 0.15) is 5.69 Å². The van der Waals surface area contributed by atoms with Crippen LogP contribution in [0.25, 0.3) is 10.9 Å². The van der Waals surface area contributed by atoms with E-state index in [1.165, 1.54) is 6.42 Å². The van der Waals surface area contributed by atoms with Gasteiger partial charge in [0, 0.05) is 50.2 Å². The SMILES string of the molecule is O=C(c1cc2ccccc2[nH]1)N1CCN(C(=O)N2CCCCC2)CC1. The first-order valence-electron chi connectivity index (χ1n) is 9.13. The molecule has 0 atom stereocenters. The molecular weight excluding hydrogens is 316 g/mol. The van der Waals surface area contributed by atoms with E-state index < -0.39 is 0 Å². The van der Waals surface area contributed by atoms with E-state index >= 15 is 0 Å². The lowest BCUT2D eigenvalue weighted by atomic mass is 10.1. The number of fused-ring (bicyclic) bond motifs is 1. The molecule has 1 N–H and O–H groups in total. The van der Waals surface area contributed by atoms with Crippen molar-refractivity contribution in [2.24, 2.45) is 0 Å². The molecule has 0 bridgehead atoms. The molecule has 0 spiro atoms. The van der Waals surface area contributed by atoms with Crippen LogP contribution in [0.15, 0.2) is 30.3 Å². The highest BCUT2D eigenvalue weighted by Gasteiger charge is 2.28. The molecule has 1 aromatic heterocycles. The zero-order chi connectivity index (χ0) is 17.2. The monoisotopic (exact) mass is 340 g/mol. The van der Waals surface area contributed by atoms with Gasteiger partial charge in [0.2, 0.25) is 0 Å². The van der Waals surface area contributed by atoms with Crippen LogP contribution in [-0.2, 0) is 0 Å². The number of hydrogen-bond acceptors (Lipinski definition) is 2. The second-order valence-electron chi connectivity index (χ2n) is 6.88. The van der Waals surface area contributed by atoms with Gasteiger partial charge < -0.3 is 19.7 Å². The van der Waals surface area contributed by atoms with Gasteiger partial charge in [-0.1, -0.05) is 18.2 Å². The highest BCUT2D eigenvalue weighted by atomic mass is 16.2. The number of aromatic nitrogens is 1. The molecule has 4 rings (SSSR count). The number of carbonyl (C=O) groups excluding carboxylic acids is 2. The second kappa shape index (κ2) is 6.78. The van der Waals surface area contributed by atoms with Crippen molar-refractivity contribution in [3.63, 3.8) is 0 Å². The van der Waals surface area contributed by atoms with Crippen LogP contribution in [-0.4, -0.2) is 70.9 Å². The number of urea groups is 1. The minimum Gasteiger partial charge on any atom is -0.351 e. The van der Waals surface area contributed by atoms with Crippen LogP contribution in [0.1, 0.15) is 29.8 Å². The molecule has 0 radical (unpaired) electrons. The van der Waals surface area contributed by atoms with Crippen molar-refractivity contribution >= 4 is 22.8 Å². The first-order chi connectivity index (χ1) is 12.2. The first kappa shape index (κ1) is 16.0. The quantitative estimate of drug-likeness (QED) is 0.867. The number of likely N-dealkylation sites (tertiary alicyclic amines) is 1. The Morgan fingerprint density at radius 2 is 1.44 bits per heavy atom. The second-order valence-corrected chi connectivity index (χ2v) is 6.88. The maximum absolute atomic E-state index is 12.7. The van der Waals surface area contributed by atoms with Crippen LogP contribution in [0.5, 0.6) is 0 Å². The molecular formula is C19H24N4O2. The number of carbonyl (C=O) groups is 2. The maximum Gasteiger partial charge on any atom is 0.320 e. The number of amides is 3. The predicted octanol–water partition coefficient (Wildman–Crippen LogP) is 2.53. The highest BCUT2D eigenvalue weighted by molar-refractivity contribution is 5.98. The Labute approximate surface area is 147 Å². The lowest BCUT2D eigenvalue weighted by molar-refractivity contribution is 0.0628. The van der Waals surface area contributed by atoms with Gasteiger partial charge in [-0.2, -0.15) is 0 Å². The fraction of sp³-hybridized carbons (Fsp3) is 0.474. The summed E-state index contributed by atoms with van der Waals surface area (Å²) < 4.78 is 0. The standard InChI is InChI=1S/C19H24N4O2/c24-18(17-14-15-6-2-3-7-16(15)20-17)21-10-12-23(13-11-21)19(25)22-8-4-1-5-9-22/h2-3,6-7,14,20H,1,4-5,8-13H2. The van der Waals surface area contributed by atoms with E-state index in [9.17, 15) is 9.59 Å². The molecule has 3 amide bonds. The van der Waals surface area contributed by atoms with Crippen LogP contribution in [0.4, 0.5) is 4.79 Å². The molecule has 6 heteroatoms. The number of para-hydroxylation sites is 1. The number of aromatic amines is 1. The van der Waals surface area contributed by atoms with Crippen molar-refractivity contribution in [1.29, 1.82) is 0 Å². The van der Waals surface area contributed by atoms with E-state index in [4.69, 9.17) is 0 Å². The van der Waals surface area contributed by atoms with E-state index in [1.807, 2.05) is 45.0 Å². The van der Waals surface area contributed by atoms with Gasteiger partial charge in [-0.3, -0.25) is 4.79 Å². The number of nitrogens with zero attached hydrogens (tertiary/aromatic N) is 3. The molecule has 2 aliphatic heterocycles. The molecule has 3 heterocycles. The number of piperidine rings is 1. The topological polar surface area (TPSA) is 59.7 Å². The molecule has 6 nitrogen and oxygen atoms in total. The largest absolute Gasteiger partial charge is 0.351 e. The van der Waals surface area contributed by atoms with Gasteiger partial charge in [-0.25, -0.2) is 4.79 Å². The Balaban J connectivity index is 1.37. The van der Waals surface area contributed by atoms with Crippen LogP contribution < -0.4 is 0 Å². The maximum atomic E-state index is 12.7. The van der Waals surface area contributed by atoms with Crippen LogP contribution in [0.3, 0.4) is 0 Å². The smallest absolute Gasteiger partial charge is 0.320 e. The number of rotatable bonds is 1. The Bertz CT molecular complexity index is 738. The molecule has 1 aromatic carbocycles. The van der Waals surface area contributed by atoms with Crippen molar-refractivity contribution < 1.29 is 9.59 Å². The van der Waals surface area contributed by atoms with Crippen molar-refractivity contribution in [2.75, 3.05) is 39.3 Å². The molecule has 0 aliphatic carbocycles. The van der Waals surface area contributed by atoms with Gasteiger partial charge in [-0.15, -0.1) is 0 Å². The predicted molar refractivity (Wildman–Crippen MR) is 96.6 cm³/mol. The molecule has 2 fully saturated rings. The molecule has 0 saturated carbocycles. The first-order valence-corrected chi connectivity index (χ1v) is 9.13. The van der Waals surface area contributed by atoms with Crippen molar-refractivity contribution in [3.05, 3.63) is 36.0 Å². The Morgan fingerprint density at radius 3 is 2.16 bits per heavy atom. The number of benzene rings is 1. The number of H-pyrrole nitrogens is 1. The molecule has 2 aromatic rings. The summed E-state index contributed by atoms with van der Waals surface area (Å²) in [5, 5.41) is 1.05. The third-order valence-electron chi connectivity index (χ3n) is 5.22. The number of piperazine rings is 1. The summed E-state index contributed by atoms with van der Waals surface area (Å²) in [6.45, 7) is 4.14. The third kappa shape index (κ3) is 3.21. The normalized spacial score (nSPS) is 18.6. The van der Waals surface area contributed by atoms with Crippen molar-refractivity contribution in [3.8, 4) is 0 Å². The fourth-order valence-corrected chi connectivity index (χ4v) is 3.74. The third-order valence-corrected chi connectivity index (χ3v) is 5.22.